The van der Waals surface area contributed by atoms with Crippen LogP contribution in [0.4, 0.5) is 22.7 Å². The van der Waals surface area contributed by atoms with Gasteiger partial charge in [-0.2, -0.15) is 9.97 Å². The number of benzene rings is 6. The molecule has 0 fully saturated rings. The van der Waals surface area contributed by atoms with Gasteiger partial charge in [0.15, 0.2) is 0 Å². The number of nitrogens with one attached hydrogen (secondary N) is 4. The summed E-state index contributed by atoms with van der Waals surface area (Å²) < 4.78 is 231. The van der Waals surface area contributed by atoms with Crippen LogP contribution >= 0.6 is 0 Å². The van der Waals surface area contributed by atoms with Crippen molar-refractivity contribution in [1.82, 2.24) is 29.9 Å². The first kappa shape index (κ1) is 79.4. The fourth-order valence-electron chi connectivity index (χ4n) is 6.76. The van der Waals surface area contributed by atoms with E-state index in [0.717, 1.165) is 48.6 Å². The minimum Gasteiger partial charge on any atom is -0.744 e. The molecule has 0 radical (unpaired) electrons. The van der Waals surface area contributed by atoms with Crippen LogP contribution < -0.4 is 209 Å². The van der Waals surface area contributed by atoms with Gasteiger partial charge in [-0.15, -0.1) is 0 Å². The van der Waals surface area contributed by atoms with Crippen LogP contribution in [0.3, 0.4) is 0 Å². The number of para-hydroxylation sites is 2. The predicted molar refractivity (Wildman–Crippen MR) is 262 cm³/mol. The molecule has 6 aromatic carbocycles. The average Bonchev–Trinajstić information content (AvgIpc) is 3.28. The molecule has 416 valence electrons. The van der Waals surface area contributed by atoms with E-state index in [1.807, 2.05) is 0 Å². The Morgan fingerprint density at radius 3 is 0.988 bits per heavy atom. The van der Waals surface area contributed by atoms with Crippen LogP contribution in [-0.2, 0) is 60.7 Å². The first-order valence-electron chi connectivity index (χ1n) is 21.4. The van der Waals surface area contributed by atoms with Crippen molar-refractivity contribution in [2.75, 3.05) is 0 Å². The van der Waals surface area contributed by atoms with E-state index < -0.39 is 147 Å². The zero-order valence-electron chi connectivity index (χ0n) is 45.2. The molecule has 0 saturated carbocycles. The normalized spacial score (nSPS) is 12.8. The molecular formula is C44H28N10Na6O20S6. The van der Waals surface area contributed by atoms with Crippen LogP contribution in [0, 0.1) is 0 Å². The Morgan fingerprint density at radius 2 is 0.686 bits per heavy atom. The van der Waals surface area contributed by atoms with Gasteiger partial charge in [0, 0.05) is 0 Å². The Kier molecular flexibility index (Phi) is 30.1. The smallest absolute Gasteiger partial charge is 0.744 e. The molecule has 0 unspecified atom stereocenters. The maximum Gasteiger partial charge on any atom is 1.00 e. The second kappa shape index (κ2) is 32.6. The number of ether oxygens (including phenoxy) is 2. The van der Waals surface area contributed by atoms with Gasteiger partial charge in [0.25, 0.3) is 0 Å². The number of H-pyrrole nitrogens is 4. The summed E-state index contributed by atoms with van der Waals surface area (Å²) in [6, 6.07) is 23.6. The molecule has 0 aliphatic rings. The van der Waals surface area contributed by atoms with Gasteiger partial charge in [-0.1, -0.05) is 60.7 Å². The summed E-state index contributed by atoms with van der Waals surface area (Å²) in [6.07, 6.45) is 1.90. The molecule has 0 spiro atoms. The quantitative estimate of drug-likeness (QED) is 0.0396. The fourth-order valence-corrected chi connectivity index (χ4v) is 10.3. The molecule has 4 N–H and O–H groups in total. The summed E-state index contributed by atoms with van der Waals surface area (Å²) in [6.45, 7) is 0. The molecule has 0 aliphatic carbocycles. The fraction of sp³-hybridized carbons (Fsp3) is 0. The Bertz CT molecular complexity index is 4570. The number of nitrogens with zero attached hydrogens (tertiary/aromatic N) is 6. The third-order valence-corrected chi connectivity index (χ3v) is 15.3. The monoisotopic (exact) mass is 1350 g/mol. The molecule has 8 rings (SSSR count). The van der Waals surface area contributed by atoms with Gasteiger partial charge in [0.1, 0.15) is 72.2 Å². The second-order valence-electron chi connectivity index (χ2n) is 15.7. The van der Waals surface area contributed by atoms with E-state index in [4.69, 9.17) is 9.47 Å². The molecule has 0 atom stereocenters. The Morgan fingerprint density at radius 1 is 0.360 bits per heavy atom. The summed E-state index contributed by atoms with van der Waals surface area (Å²) in [4.78, 5) is 28.5. The van der Waals surface area contributed by atoms with Crippen molar-refractivity contribution < 1.29 is 265 Å². The first-order valence-corrected chi connectivity index (χ1v) is 29.9. The Balaban J connectivity index is 0.00000420. The van der Waals surface area contributed by atoms with Crippen LogP contribution in [0.2, 0.25) is 0 Å². The molecule has 42 heteroatoms. The van der Waals surface area contributed by atoms with Crippen molar-refractivity contribution >= 4 is 95.6 Å². The van der Waals surface area contributed by atoms with E-state index in [9.17, 15) is 77.8 Å². The molecule has 0 bridgehead atoms. The van der Waals surface area contributed by atoms with E-state index in [2.05, 4.69) is 49.9 Å². The Labute approximate surface area is 620 Å². The zero-order chi connectivity index (χ0) is 58.0. The van der Waals surface area contributed by atoms with Crippen molar-refractivity contribution in [3.05, 3.63) is 167 Å². The topological polar surface area (TPSA) is 500 Å². The number of hydrogen-bond donors (Lipinski definition) is 4. The maximum atomic E-state index is 12.7. The van der Waals surface area contributed by atoms with Crippen LogP contribution in [0.1, 0.15) is 11.1 Å². The molecular weight excluding hydrogens is 1320 g/mol. The summed E-state index contributed by atoms with van der Waals surface area (Å²) in [5.41, 5.74) is -5.32. The van der Waals surface area contributed by atoms with Gasteiger partial charge in [0.05, 0.1) is 52.1 Å². The molecule has 2 aromatic heterocycles. The van der Waals surface area contributed by atoms with Gasteiger partial charge < -0.3 is 36.8 Å². The third-order valence-electron chi connectivity index (χ3n) is 10.1. The number of aromatic amines is 4. The van der Waals surface area contributed by atoms with Gasteiger partial charge >= 0.3 is 189 Å². The molecule has 0 saturated heterocycles. The summed E-state index contributed by atoms with van der Waals surface area (Å²) in [5, 5.41) is 0. The van der Waals surface area contributed by atoms with Crippen LogP contribution in [0.25, 0.3) is 12.2 Å². The predicted octanol–water partition coefficient (Wildman–Crippen LogP) is -16.1. The minimum atomic E-state index is -5.44. The van der Waals surface area contributed by atoms with Crippen molar-refractivity contribution in [2.45, 2.75) is 29.4 Å². The molecule has 0 aliphatic heterocycles. The van der Waals surface area contributed by atoms with Crippen molar-refractivity contribution in [3.8, 4) is 23.5 Å². The average molecular weight is 1350 g/mol. The van der Waals surface area contributed by atoms with Crippen LogP contribution in [0.15, 0.2) is 183 Å². The van der Waals surface area contributed by atoms with Crippen molar-refractivity contribution in [3.63, 3.8) is 0 Å². The number of rotatable bonds is 16. The third kappa shape index (κ3) is 22.0. The van der Waals surface area contributed by atoms with Crippen molar-refractivity contribution in [1.29, 1.82) is 0 Å². The van der Waals surface area contributed by atoms with Gasteiger partial charge in [-0.25, -0.2) is 70.5 Å². The van der Waals surface area contributed by atoms with Crippen LogP contribution in [-0.4, -0.2) is 108 Å². The molecule has 30 nitrogen and oxygen atoms in total. The standard InChI is InChI=1S/C44H34N10O20S6.6Na/c55-75(56,57)31-17-19-35(77(61,62)63)33(23-31)47-41-49-39(51-43(53-41)73-29-7-3-1-4-8-29)45-27-15-13-25(37(21-27)79(67,68)69)11-12-26-14-16-28(22-38(26)80(70,71)72)46-40-50-42(54-44(52-40)74-30-9-5-2-6-10-30)48-34-24-32(76(58,59)60)18-20-36(34)78(64,65)66;;;;;;/h1-24H,(H,55,56,57)(H,58,59,60)(H,61,62,63)(H,64,65,66)(H,67,68,69)(H,70,71,72)(H2,45,47,49,51,53)(H2,46,48,50,52,54);;;;;;/q;6*+1/p-6/b12-11+;;;;;;. The molecule has 86 heavy (non-hydrogen) atoms. The largest absolute Gasteiger partial charge is 1.00 e. The Hall–Kier alpha value is -2.66. The first-order chi connectivity index (χ1) is 37.3. The van der Waals surface area contributed by atoms with E-state index in [1.54, 1.807) is 36.4 Å². The summed E-state index contributed by atoms with van der Waals surface area (Å²) in [7, 11) is -32.0. The summed E-state index contributed by atoms with van der Waals surface area (Å²) in [5.74, 6) is 0.293. The number of hydrogen-bond acceptors (Lipinski definition) is 26. The second-order valence-corrected chi connectivity index (χ2v) is 23.9. The maximum absolute atomic E-state index is 12.7. The van der Waals surface area contributed by atoms with Crippen molar-refractivity contribution in [2.24, 2.45) is 20.0 Å². The van der Waals surface area contributed by atoms with E-state index in [-0.39, 0.29) is 200 Å². The van der Waals surface area contributed by atoms with E-state index >= 15 is 0 Å². The zero-order valence-corrected chi connectivity index (χ0v) is 62.1. The van der Waals surface area contributed by atoms with Gasteiger partial charge in [-0.05, 0) is 96.1 Å². The van der Waals surface area contributed by atoms with Gasteiger partial charge in [-0.3, -0.25) is 19.9 Å². The van der Waals surface area contributed by atoms with E-state index in [0.29, 0.717) is 36.4 Å². The summed E-state index contributed by atoms with van der Waals surface area (Å²) >= 11 is 0. The molecule has 2 heterocycles. The van der Waals surface area contributed by atoms with Crippen LogP contribution in [0.5, 0.6) is 23.5 Å². The minimum absolute atomic E-state index is 0. The SMILES string of the molecule is O=S(=O)([O-])c1ccc(S(=O)(=O)[O-])c(N=c2[nH]c(Oc3ccccc3)nc(=Nc3ccc(/C=C/c4ccc(N=c5nc(Oc6ccccc6)[nH]c(=Nc6cc(S(=O)(=O)[O-])ccc6S(=O)(=O)[O-])[nH]5)cc4S(=O)(=O)[O-])c(S(=O)(=O)[O-])c3)[nH]2)c1.[Na+].[Na+].[Na+].[Na+].[Na+].[Na+]. The molecule has 8 aromatic rings. The molecule has 0 amide bonds. The van der Waals surface area contributed by atoms with E-state index in [1.165, 1.54) is 24.3 Å². The van der Waals surface area contributed by atoms with Gasteiger partial charge in [0.2, 0.25) is 22.5 Å². The number of aromatic nitrogens is 6.